The molecule has 170 valence electrons. The molecule has 1 saturated heterocycles. The normalized spacial score (nSPS) is 15.0. The number of aryl methyl sites for hydroxylation is 2. The molecular formula is C23H24N6O3S. The zero-order valence-electron chi connectivity index (χ0n) is 18.5. The SMILES string of the molecule is Cc1noc(C)c1-c1nc(CN2CCCN(C(=O)c3ccc(-c4ccccn4)s3)CC2)no1. The van der Waals surface area contributed by atoms with Crippen molar-refractivity contribution in [2.45, 2.75) is 26.8 Å². The van der Waals surface area contributed by atoms with Gasteiger partial charge in [0.25, 0.3) is 11.8 Å². The van der Waals surface area contributed by atoms with Crippen molar-refractivity contribution < 1.29 is 13.8 Å². The summed E-state index contributed by atoms with van der Waals surface area (Å²) in [6.45, 7) is 7.24. The van der Waals surface area contributed by atoms with Crippen LogP contribution < -0.4 is 0 Å². The highest BCUT2D eigenvalue weighted by atomic mass is 32.1. The highest BCUT2D eigenvalue weighted by molar-refractivity contribution is 7.17. The summed E-state index contributed by atoms with van der Waals surface area (Å²) in [5, 5.41) is 8.08. The molecule has 1 fully saturated rings. The molecule has 0 bridgehead atoms. The molecule has 4 aromatic heterocycles. The summed E-state index contributed by atoms with van der Waals surface area (Å²) in [4.78, 5) is 27.9. The van der Waals surface area contributed by atoms with Gasteiger partial charge in [-0.25, -0.2) is 0 Å². The average Bonchev–Trinajstić information content (AvgIpc) is 3.52. The van der Waals surface area contributed by atoms with E-state index in [0.717, 1.165) is 52.8 Å². The molecule has 5 heterocycles. The van der Waals surface area contributed by atoms with Crippen molar-refractivity contribution in [2.75, 3.05) is 26.2 Å². The minimum atomic E-state index is 0.0734. The monoisotopic (exact) mass is 464 g/mol. The van der Waals surface area contributed by atoms with Crippen molar-refractivity contribution in [3.05, 3.63) is 58.7 Å². The highest BCUT2D eigenvalue weighted by Gasteiger charge is 2.24. The fourth-order valence-corrected chi connectivity index (χ4v) is 4.95. The summed E-state index contributed by atoms with van der Waals surface area (Å²) in [6, 6.07) is 9.66. The lowest BCUT2D eigenvalue weighted by Crippen LogP contribution is -2.34. The zero-order valence-corrected chi connectivity index (χ0v) is 19.3. The predicted molar refractivity (Wildman–Crippen MR) is 123 cm³/mol. The van der Waals surface area contributed by atoms with Crippen LogP contribution >= 0.6 is 11.3 Å². The molecule has 0 radical (unpaired) electrons. The van der Waals surface area contributed by atoms with Crippen molar-refractivity contribution in [1.29, 1.82) is 0 Å². The van der Waals surface area contributed by atoms with Crippen molar-refractivity contribution in [3.63, 3.8) is 0 Å². The van der Waals surface area contributed by atoms with Gasteiger partial charge in [-0.05, 0) is 44.5 Å². The second-order valence-corrected chi connectivity index (χ2v) is 9.10. The van der Waals surface area contributed by atoms with Gasteiger partial charge >= 0.3 is 0 Å². The van der Waals surface area contributed by atoms with Crippen molar-refractivity contribution in [1.82, 2.24) is 30.1 Å². The molecule has 0 unspecified atom stereocenters. The number of pyridine rings is 1. The van der Waals surface area contributed by atoms with Crippen LogP contribution in [0.4, 0.5) is 0 Å². The summed E-state index contributed by atoms with van der Waals surface area (Å²) in [5.74, 6) is 1.77. The number of thiophene rings is 1. The Morgan fingerprint density at radius 1 is 1.06 bits per heavy atom. The van der Waals surface area contributed by atoms with Crippen molar-refractivity contribution in [2.24, 2.45) is 0 Å². The first-order chi connectivity index (χ1) is 16.1. The summed E-state index contributed by atoms with van der Waals surface area (Å²) in [5.41, 5.74) is 2.37. The first-order valence-corrected chi connectivity index (χ1v) is 11.7. The van der Waals surface area contributed by atoms with Gasteiger partial charge in [0.15, 0.2) is 5.82 Å². The van der Waals surface area contributed by atoms with Crippen LogP contribution in [-0.4, -0.2) is 62.2 Å². The van der Waals surface area contributed by atoms with Gasteiger partial charge < -0.3 is 13.9 Å². The van der Waals surface area contributed by atoms with Gasteiger partial charge in [0.2, 0.25) is 0 Å². The number of amides is 1. The van der Waals surface area contributed by atoms with Gasteiger partial charge in [0.05, 0.1) is 27.7 Å². The van der Waals surface area contributed by atoms with Crippen LogP contribution in [-0.2, 0) is 6.54 Å². The van der Waals surface area contributed by atoms with Crippen molar-refractivity contribution >= 4 is 17.2 Å². The summed E-state index contributed by atoms with van der Waals surface area (Å²) < 4.78 is 10.6. The molecule has 0 aromatic carbocycles. The minimum absolute atomic E-state index is 0.0734. The highest BCUT2D eigenvalue weighted by Crippen LogP contribution is 2.28. The lowest BCUT2D eigenvalue weighted by molar-refractivity contribution is 0.0765. The molecular weight excluding hydrogens is 440 g/mol. The predicted octanol–water partition coefficient (Wildman–Crippen LogP) is 3.81. The fourth-order valence-electron chi connectivity index (χ4n) is 4.00. The van der Waals surface area contributed by atoms with E-state index in [9.17, 15) is 4.79 Å². The molecule has 0 aliphatic carbocycles. The van der Waals surface area contributed by atoms with E-state index < -0.39 is 0 Å². The first-order valence-electron chi connectivity index (χ1n) is 10.9. The van der Waals surface area contributed by atoms with E-state index >= 15 is 0 Å². The quantitative estimate of drug-likeness (QED) is 0.439. The van der Waals surface area contributed by atoms with E-state index in [2.05, 4.69) is 25.2 Å². The maximum Gasteiger partial charge on any atom is 0.263 e. The maximum atomic E-state index is 13.1. The van der Waals surface area contributed by atoms with Gasteiger partial charge in [-0.3, -0.25) is 14.7 Å². The number of nitrogens with zero attached hydrogens (tertiary/aromatic N) is 6. The molecule has 0 atom stereocenters. The van der Waals surface area contributed by atoms with Crippen LogP contribution in [0.3, 0.4) is 0 Å². The van der Waals surface area contributed by atoms with Crippen LogP contribution in [0, 0.1) is 13.8 Å². The molecule has 0 spiro atoms. The average molecular weight is 465 g/mol. The molecule has 1 aliphatic heterocycles. The molecule has 10 heteroatoms. The smallest absolute Gasteiger partial charge is 0.263 e. The van der Waals surface area contributed by atoms with Crippen LogP contribution in [0.15, 0.2) is 45.6 Å². The first kappa shape index (κ1) is 21.5. The summed E-state index contributed by atoms with van der Waals surface area (Å²) in [7, 11) is 0. The molecule has 1 amide bonds. The molecule has 0 saturated carbocycles. The second kappa shape index (κ2) is 9.24. The van der Waals surface area contributed by atoms with Gasteiger partial charge in [-0.2, -0.15) is 4.98 Å². The maximum absolute atomic E-state index is 13.1. The van der Waals surface area contributed by atoms with E-state index in [4.69, 9.17) is 9.05 Å². The number of rotatable bonds is 5. The fraction of sp³-hybridized carbons (Fsp3) is 0.348. The van der Waals surface area contributed by atoms with Crippen LogP contribution in [0.2, 0.25) is 0 Å². The lowest BCUT2D eigenvalue weighted by Gasteiger charge is -2.20. The van der Waals surface area contributed by atoms with Crippen LogP contribution in [0.5, 0.6) is 0 Å². The third kappa shape index (κ3) is 4.57. The van der Waals surface area contributed by atoms with E-state index in [-0.39, 0.29) is 5.91 Å². The Morgan fingerprint density at radius 3 is 2.76 bits per heavy atom. The molecule has 9 nitrogen and oxygen atoms in total. The number of carbonyl (C=O) groups is 1. The van der Waals surface area contributed by atoms with Gasteiger partial charge in [0.1, 0.15) is 11.3 Å². The molecule has 33 heavy (non-hydrogen) atoms. The Morgan fingerprint density at radius 2 is 1.97 bits per heavy atom. The summed E-state index contributed by atoms with van der Waals surface area (Å²) in [6.07, 6.45) is 2.65. The Bertz CT molecular complexity index is 1230. The Kier molecular flexibility index (Phi) is 6.01. The Hall–Kier alpha value is -3.37. The van der Waals surface area contributed by atoms with Gasteiger partial charge in [-0.15, -0.1) is 11.3 Å². The molecule has 0 N–H and O–H groups in total. The van der Waals surface area contributed by atoms with E-state index in [1.807, 2.05) is 49.1 Å². The lowest BCUT2D eigenvalue weighted by atomic mass is 10.2. The zero-order chi connectivity index (χ0) is 22.8. The number of aromatic nitrogens is 4. The Labute approximate surface area is 195 Å². The van der Waals surface area contributed by atoms with E-state index in [1.54, 1.807) is 6.20 Å². The van der Waals surface area contributed by atoms with Crippen molar-refractivity contribution in [3.8, 4) is 22.0 Å². The number of hydrogen-bond donors (Lipinski definition) is 0. The third-order valence-electron chi connectivity index (χ3n) is 5.69. The number of hydrogen-bond acceptors (Lipinski definition) is 9. The molecule has 4 aromatic rings. The van der Waals surface area contributed by atoms with Crippen LogP contribution in [0.25, 0.3) is 22.0 Å². The van der Waals surface area contributed by atoms with E-state index in [0.29, 0.717) is 30.6 Å². The summed E-state index contributed by atoms with van der Waals surface area (Å²) >= 11 is 1.49. The second-order valence-electron chi connectivity index (χ2n) is 8.02. The molecule has 5 rings (SSSR count). The number of carbonyl (C=O) groups excluding carboxylic acids is 1. The van der Waals surface area contributed by atoms with Gasteiger partial charge in [-0.1, -0.05) is 16.4 Å². The minimum Gasteiger partial charge on any atom is -0.361 e. The van der Waals surface area contributed by atoms with Gasteiger partial charge in [0, 0.05) is 32.4 Å². The van der Waals surface area contributed by atoms with E-state index in [1.165, 1.54) is 11.3 Å². The largest absolute Gasteiger partial charge is 0.361 e. The van der Waals surface area contributed by atoms with Crippen LogP contribution in [0.1, 0.15) is 33.4 Å². The topological polar surface area (TPSA) is 101 Å². The third-order valence-corrected chi connectivity index (χ3v) is 6.79. The standard InChI is InChI=1S/C23H24N6O3S/c1-15-21(16(2)31-26-15)22-25-20(27-32-22)14-28-10-5-11-29(13-12-28)23(30)19-8-7-18(33-19)17-6-3-4-9-24-17/h3-4,6-9H,5,10-14H2,1-2H3. The Balaban J connectivity index is 1.21. The molecule has 1 aliphatic rings.